The summed E-state index contributed by atoms with van der Waals surface area (Å²) < 4.78 is 11.9. The number of amides is 1. The molecule has 0 saturated carbocycles. The first-order chi connectivity index (χ1) is 9.65. The second-order valence-electron chi connectivity index (χ2n) is 4.14. The number of carbonyl (C=O) groups excluding carboxylic acids is 1. The SMILES string of the molecule is Cc1cnn(C)c1C(=O)Nc1nnc(-c2ccco2)o1. The summed E-state index contributed by atoms with van der Waals surface area (Å²) >= 11 is 0. The molecule has 1 amide bonds. The van der Waals surface area contributed by atoms with E-state index in [-0.39, 0.29) is 17.8 Å². The highest BCUT2D eigenvalue weighted by molar-refractivity contribution is 6.02. The van der Waals surface area contributed by atoms with E-state index >= 15 is 0 Å². The average Bonchev–Trinajstić information content (AvgIpc) is 3.10. The van der Waals surface area contributed by atoms with Gasteiger partial charge in [-0.1, -0.05) is 5.10 Å². The molecule has 102 valence electrons. The lowest BCUT2D eigenvalue weighted by molar-refractivity contribution is 0.101. The Labute approximate surface area is 113 Å². The lowest BCUT2D eigenvalue weighted by Crippen LogP contribution is -2.17. The predicted octanol–water partition coefficient (Wildman–Crippen LogP) is 1.62. The van der Waals surface area contributed by atoms with Crippen molar-refractivity contribution < 1.29 is 13.6 Å². The highest BCUT2D eigenvalue weighted by Crippen LogP contribution is 2.20. The number of anilines is 1. The zero-order valence-corrected chi connectivity index (χ0v) is 10.8. The van der Waals surface area contributed by atoms with Gasteiger partial charge in [0.1, 0.15) is 5.69 Å². The second kappa shape index (κ2) is 4.65. The fourth-order valence-electron chi connectivity index (χ4n) is 1.80. The standard InChI is InChI=1S/C12H11N5O3/c1-7-6-13-17(2)9(7)10(18)14-12-16-15-11(20-12)8-4-3-5-19-8/h3-6H,1-2H3,(H,14,16,18). The molecular weight excluding hydrogens is 262 g/mol. The van der Waals surface area contributed by atoms with E-state index in [0.717, 1.165) is 5.56 Å². The van der Waals surface area contributed by atoms with Gasteiger partial charge in [0.05, 0.1) is 12.5 Å². The van der Waals surface area contributed by atoms with Gasteiger partial charge in [0.25, 0.3) is 11.8 Å². The van der Waals surface area contributed by atoms with Crippen molar-refractivity contribution in [3.05, 3.63) is 35.9 Å². The Hall–Kier alpha value is -2.90. The quantitative estimate of drug-likeness (QED) is 0.778. The van der Waals surface area contributed by atoms with Crippen molar-refractivity contribution in [1.82, 2.24) is 20.0 Å². The molecule has 20 heavy (non-hydrogen) atoms. The van der Waals surface area contributed by atoms with Gasteiger partial charge in [-0.25, -0.2) is 0 Å². The summed E-state index contributed by atoms with van der Waals surface area (Å²) in [5.74, 6) is 0.277. The molecule has 0 bridgehead atoms. The van der Waals surface area contributed by atoms with Crippen LogP contribution in [-0.4, -0.2) is 25.9 Å². The van der Waals surface area contributed by atoms with Crippen LogP contribution in [0.5, 0.6) is 0 Å². The van der Waals surface area contributed by atoms with E-state index in [9.17, 15) is 4.79 Å². The first-order valence-electron chi connectivity index (χ1n) is 5.82. The van der Waals surface area contributed by atoms with Gasteiger partial charge in [-0.3, -0.25) is 14.8 Å². The van der Waals surface area contributed by atoms with Crippen LogP contribution in [0.1, 0.15) is 16.1 Å². The van der Waals surface area contributed by atoms with Crippen LogP contribution >= 0.6 is 0 Å². The molecule has 0 spiro atoms. The van der Waals surface area contributed by atoms with Gasteiger partial charge in [-0.2, -0.15) is 5.10 Å². The van der Waals surface area contributed by atoms with Crippen LogP contribution in [0.3, 0.4) is 0 Å². The lowest BCUT2D eigenvalue weighted by Gasteiger charge is -2.01. The van der Waals surface area contributed by atoms with E-state index in [2.05, 4.69) is 20.6 Å². The maximum absolute atomic E-state index is 12.1. The molecule has 3 aromatic heterocycles. The molecule has 3 rings (SSSR count). The summed E-state index contributed by atoms with van der Waals surface area (Å²) in [5, 5.41) is 14.1. The fourth-order valence-corrected chi connectivity index (χ4v) is 1.80. The largest absolute Gasteiger partial charge is 0.459 e. The summed E-state index contributed by atoms with van der Waals surface area (Å²) in [7, 11) is 1.68. The Balaban J connectivity index is 1.80. The monoisotopic (exact) mass is 273 g/mol. The minimum absolute atomic E-state index is 0.00185. The van der Waals surface area contributed by atoms with E-state index in [1.165, 1.54) is 10.9 Å². The van der Waals surface area contributed by atoms with Crippen molar-refractivity contribution in [2.75, 3.05) is 5.32 Å². The Morgan fingerprint density at radius 2 is 2.25 bits per heavy atom. The molecule has 0 fully saturated rings. The minimum atomic E-state index is -0.364. The van der Waals surface area contributed by atoms with E-state index in [4.69, 9.17) is 8.83 Å². The van der Waals surface area contributed by atoms with Crippen LogP contribution in [-0.2, 0) is 7.05 Å². The van der Waals surface area contributed by atoms with Crippen molar-refractivity contribution in [3.63, 3.8) is 0 Å². The van der Waals surface area contributed by atoms with Crippen molar-refractivity contribution in [1.29, 1.82) is 0 Å². The van der Waals surface area contributed by atoms with Gasteiger partial charge in [0.2, 0.25) is 0 Å². The second-order valence-corrected chi connectivity index (χ2v) is 4.14. The maximum Gasteiger partial charge on any atom is 0.322 e. The summed E-state index contributed by atoms with van der Waals surface area (Å²) in [4.78, 5) is 12.1. The van der Waals surface area contributed by atoms with Gasteiger partial charge in [-0.15, -0.1) is 5.10 Å². The van der Waals surface area contributed by atoms with Crippen LogP contribution in [0.25, 0.3) is 11.7 Å². The van der Waals surface area contributed by atoms with Gasteiger partial charge in [-0.05, 0) is 24.6 Å². The summed E-state index contributed by atoms with van der Waals surface area (Å²) in [6, 6.07) is 3.39. The van der Waals surface area contributed by atoms with Crippen LogP contribution < -0.4 is 5.32 Å². The maximum atomic E-state index is 12.1. The zero-order valence-electron chi connectivity index (χ0n) is 10.8. The molecule has 0 aliphatic rings. The van der Waals surface area contributed by atoms with Crippen molar-refractivity contribution in [2.45, 2.75) is 6.92 Å². The van der Waals surface area contributed by atoms with E-state index < -0.39 is 0 Å². The Morgan fingerprint density at radius 1 is 1.40 bits per heavy atom. The normalized spacial score (nSPS) is 10.7. The molecule has 3 aromatic rings. The topological polar surface area (TPSA) is 99.0 Å². The molecule has 0 aromatic carbocycles. The lowest BCUT2D eigenvalue weighted by atomic mass is 10.2. The van der Waals surface area contributed by atoms with Gasteiger partial charge in [0.15, 0.2) is 5.76 Å². The van der Waals surface area contributed by atoms with E-state index in [1.807, 2.05) is 0 Å². The number of aryl methyl sites for hydroxylation is 2. The fraction of sp³-hybridized carbons (Fsp3) is 0.167. The Bertz CT molecular complexity index is 722. The third kappa shape index (κ3) is 2.07. The van der Waals surface area contributed by atoms with Gasteiger partial charge < -0.3 is 8.83 Å². The number of hydrogen-bond donors (Lipinski definition) is 1. The molecule has 1 N–H and O–H groups in total. The predicted molar refractivity (Wildman–Crippen MR) is 67.9 cm³/mol. The summed E-state index contributed by atoms with van der Waals surface area (Å²) in [6.45, 7) is 1.80. The molecule has 0 unspecified atom stereocenters. The molecule has 0 saturated heterocycles. The van der Waals surface area contributed by atoms with E-state index in [1.54, 1.807) is 32.3 Å². The summed E-state index contributed by atoms with van der Waals surface area (Å²) in [5.41, 5.74) is 1.19. The van der Waals surface area contributed by atoms with E-state index in [0.29, 0.717) is 11.5 Å². The van der Waals surface area contributed by atoms with Gasteiger partial charge >= 0.3 is 6.01 Å². The molecule has 8 heteroatoms. The van der Waals surface area contributed by atoms with Crippen molar-refractivity contribution >= 4 is 11.9 Å². The minimum Gasteiger partial charge on any atom is -0.459 e. The number of rotatable bonds is 3. The number of carbonyl (C=O) groups is 1. The molecule has 8 nitrogen and oxygen atoms in total. The average molecular weight is 273 g/mol. The van der Waals surface area contributed by atoms with Crippen LogP contribution in [0, 0.1) is 6.92 Å². The molecular formula is C12H11N5O3. The third-order valence-electron chi connectivity index (χ3n) is 2.71. The van der Waals surface area contributed by atoms with Crippen LogP contribution in [0.2, 0.25) is 0 Å². The highest BCUT2D eigenvalue weighted by atomic mass is 16.4. The first-order valence-corrected chi connectivity index (χ1v) is 5.82. The zero-order chi connectivity index (χ0) is 14.1. The first kappa shape index (κ1) is 12.2. The highest BCUT2D eigenvalue weighted by Gasteiger charge is 2.18. The number of nitrogens with one attached hydrogen (secondary N) is 1. The molecule has 0 aliphatic heterocycles. The van der Waals surface area contributed by atoms with Crippen LogP contribution in [0.15, 0.2) is 33.4 Å². The molecule has 0 atom stereocenters. The Kier molecular flexibility index (Phi) is 2.82. The summed E-state index contributed by atoms with van der Waals surface area (Å²) in [6.07, 6.45) is 3.10. The van der Waals surface area contributed by atoms with Gasteiger partial charge in [0, 0.05) is 7.05 Å². The smallest absolute Gasteiger partial charge is 0.322 e. The van der Waals surface area contributed by atoms with Crippen molar-refractivity contribution in [3.8, 4) is 11.7 Å². The number of furan rings is 1. The Morgan fingerprint density at radius 3 is 2.90 bits per heavy atom. The molecule has 0 aliphatic carbocycles. The van der Waals surface area contributed by atoms with Crippen molar-refractivity contribution in [2.24, 2.45) is 7.05 Å². The number of nitrogens with zero attached hydrogens (tertiary/aromatic N) is 4. The third-order valence-corrected chi connectivity index (χ3v) is 2.71. The molecule has 0 radical (unpaired) electrons. The molecule has 3 heterocycles. The number of hydrogen-bond acceptors (Lipinski definition) is 6. The number of aromatic nitrogens is 4. The van der Waals surface area contributed by atoms with Crippen LogP contribution in [0.4, 0.5) is 6.01 Å².